The predicted octanol–water partition coefficient (Wildman–Crippen LogP) is 4.02. The van der Waals surface area contributed by atoms with Gasteiger partial charge in [0.15, 0.2) is 0 Å². The van der Waals surface area contributed by atoms with Crippen LogP contribution in [0.25, 0.3) is 11.0 Å². The number of rotatable bonds is 13. The van der Waals surface area contributed by atoms with E-state index in [1.54, 1.807) is 30.6 Å². The number of hydrogen-bond donors (Lipinski definition) is 2. The van der Waals surface area contributed by atoms with Crippen LogP contribution < -0.4 is 10.6 Å². The SMILES string of the molecule is CCC(=O)CCCCC[C@H](NC(=O)c1ccc2nccnc2c1)C(=O)NCCc1ccccc1. The zero-order valence-corrected chi connectivity index (χ0v) is 19.6. The molecule has 2 N–H and O–H groups in total. The van der Waals surface area contributed by atoms with Crippen molar-refractivity contribution in [3.8, 4) is 0 Å². The fraction of sp³-hybridized carbons (Fsp3) is 0.370. The number of nitrogens with one attached hydrogen (secondary N) is 2. The molecule has 1 atom stereocenters. The van der Waals surface area contributed by atoms with E-state index in [-0.39, 0.29) is 17.6 Å². The summed E-state index contributed by atoms with van der Waals surface area (Å²) in [5.41, 5.74) is 2.90. The second-order valence-electron chi connectivity index (χ2n) is 8.30. The highest BCUT2D eigenvalue weighted by molar-refractivity contribution is 5.99. The molecule has 3 rings (SSSR count). The van der Waals surface area contributed by atoms with Crippen LogP contribution >= 0.6 is 0 Å². The molecule has 2 aromatic carbocycles. The van der Waals surface area contributed by atoms with Gasteiger partial charge in [0.2, 0.25) is 5.91 Å². The van der Waals surface area contributed by atoms with Crippen molar-refractivity contribution in [2.45, 2.75) is 57.9 Å². The summed E-state index contributed by atoms with van der Waals surface area (Å²) in [6.45, 7) is 2.36. The van der Waals surface area contributed by atoms with Gasteiger partial charge in [-0.2, -0.15) is 0 Å². The summed E-state index contributed by atoms with van der Waals surface area (Å²) >= 11 is 0. The molecule has 178 valence electrons. The Bertz CT molecular complexity index is 1100. The van der Waals surface area contributed by atoms with Gasteiger partial charge in [0.1, 0.15) is 11.8 Å². The number of ketones is 1. The lowest BCUT2D eigenvalue weighted by Gasteiger charge is -2.19. The van der Waals surface area contributed by atoms with E-state index < -0.39 is 6.04 Å². The summed E-state index contributed by atoms with van der Waals surface area (Å²) < 4.78 is 0. The van der Waals surface area contributed by atoms with Crippen molar-refractivity contribution < 1.29 is 14.4 Å². The molecule has 0 bridgehead atoms. The average molecular weight is 461 g/mol. The Labute approximate surface area is 200 Å². The molecule has 0 fully saturated rings. The number of carbonyl (C=O) groups excluding carboxylic acids is 3. The van der Waals surface area contributed by atoms with Crippen molar-refractivity contribution in [1.82, 2.24) is 20.6 Å². The Kier molecular flexibility index (Phi) is 9.70. The lowest BCUT2D eigenvalue weighted by atomic mass is 10.0. The van der Waals surface area contributed by atoms with Gasteiger partial charge in [-0.15, -0.1) is 0 Å². The van der Waals surface area contributed by atoms with Crippen LogP contribution in [0.5, 0.6) is 0 Å². The van der Waals surface area contributed by atoms with Crippen LogP contribution in [-0.4, -0.2) is 40.2 Å². The Morgan fingerprint density at radius 3 is 2.44 bits per heavy atom. The molecular weight excluding hydrogens is 428 g/mol. The molecule has 0 saturated carbocycles. The molecule has 3 aromatic rings. The Hall–Kier alpha value is -3.61. The molecule has 1 heterocycles. The number of nitrogens with zero attached hydrogens (tertiary/aromatic N) is 2. The maximum absolute atomic E-state index is 12.9. The fourth-order valence-corrected chi connectivity index (χ4v) is 3.74. The number of Topliss-reactive ketones (excluding diaryl/α,β-unsaturated/α-hetero) is 1. The van der Waals surface area contributed by atoms with Crippen molar-refractivity contribution in [3.05, 3.63) is 72.1 Å². The van der Waals surface area contributed by atoms with Crippen molar-refractivity contribution >= 4 is 28.6 Å². The molecule has 0 radical (unpaired) electrons. The first kappa shape index (κ1) is 25.0. The molecule has 0 unspecified atom stereocenters. The van der Waals surface area contributed by atoms with Gasteiger partial charge in [0.25, 0.3) is 5.91 Å². The highest BCUT2D eigenvalue weighted by atomic mass is 16.2. The minimum Gasteiger partial charge on any atom is -0.354 e. The molecule has 1 aromatic heterocycles. The van der Waals surface area contributed by atoms with E-state index in [0.29, 0.717) is 42.4 Å². The Morgan fingerprint density at radius 1 is 0.912 bits per heavy atom. The number of aromatic nitrogens is 2. The second-order valence-corrected chi connectivity index (χ2v) is 8.30. The molecule has 0 aliphatic carbocycles. The topological polar surface area (TPSA) is 101 Å². The number of carbonyl (C=O) groups is 3. The Morgan fingerprint density at radius 2 is 1.68 bits per heavy atom. The predicted molar refractivity (Wildman–Crippen MR) is 132 cm³/mol. The molecule has 0 spiro atoms. The quantitative estimate of drug-likeness (QED) is 0.375. The molecule has 34 heavy (non-hydrogen) atoms. The molecule has 7 heteroatoms. The smallest absolute Gasteiger partial charge is 0.252 e. The highest BCUT2D eigenvalue weighted by Crippen LogP contribution is 2.13. The van der Waals surface area contributed by atoms with Crippen LogP contribution in [0.3, 0.4) is 0 Å². The monoisotopic (exact) mass is 460 g/mol. The maximum Gasteiger partial charge on any atom is 0.252 e. The first-order chi connectivity index (χ1) is 16.6. The summed E-state index contributed by atoms with van der Waals surface area (Å²) in [6.07, 6.45) is 7.91. The van der Waals surface area contributed by atoms with Gasteiger partial charge < -0.3 is 10.6 Å². The average Bonchev–Trinajstić information content (AvgIpc) is 2.87. The summed E-state index contributed by atoms with van der Waals surface area (Å²) in [4.78, 5) is 45.9. The van der Waals surface area contributed by atoms with Gasteiger partial charge in [0.05, 0.1) is 11.0 Å². The van der Waals surface area contributed by atoms with Gasteiger partial charge in [-0.05, 0) is 43.0 Å². The van der Waals surface area contributed by atoms with Crippen LogP contribution in [-0.2, 0) is 16.0 Å². The number of fused-ring (bicyclic) bond motifs is 1. The zero-order chi connectivity index (χ0) is 24.2. The van der Waals surface area contributed by atoms with E-state index in [0.717, 1.165) is 31.2 Å². The highest BCUT2D eigenvalue weighted by Gasteiger charge is 2.21. The molecule has 7 nitrogen and oxygen atoms in total. The van der Waals surface area contributed by atoms with E-state index >= 15 is 0 Å². The van der Waals surface area contributed by atoms with Crippen LogP contribution in [0.4, 0.5) is 0 Å². The van der Waals surface area contributed by atoms with Crippen molar-refractivity contribution in [1.29, 1.82) is 0 Å². The molecule has 0 saturated heterocycles. The standard InChI is InChI=1S/C27H32N4O3/c1-2-22(32)11-7-4-8-12-24(27(34)30-16-15-20-9-5-3-6-10-20)31-26(33)21-13-14-23-25(19-21)29-18-17-28-23/h3,5-6,9-10,13-14,17-19,24H,2,4,7-8,11-12,15-16H2,1H3,(H,30,34)(H,31,33)/t24-/m0/s1. The van der Waals surface area contributed by atoms with Crippen LogP contribution in [0, 0.1) is 0 Å². The minimum absolute atomic E-state index is 0.200. The van der Waals surface area contributed by atoms with E-state index in [1.165, 1.54) is 0 Å². The summed E-state index contributed by atoms with van der Waals surface area (Å²) in [6, 6.07) is 14.4. The van der Waals surface area contributed by atoms with Gasteiger partial charge in [-0.3, -0.25) is 24.4 Å². The summed E-state index contributed by atoms with van der Waals surface area (Å²) in [5.74, 6) is -0.269. The third kappa shape index (κ3) is 7.76. The van der Waals surface area contributed by atoms with Gasteiger partial charge >= 0.3 is 0 Å². The third-order valence-electron chi connectivity index (χ3n) is 5.75. The van der Waals surface area contributed by atoms with E-state index in [1.807, 2.05) is 37.3 Å². The number of unbranched alkanes of at least 4 members (excludes halogenated alkanes) is 2. The molecule has 0 aliphatic rings. The van der Waals surface area contributed by atoms with Crippen molar-refractivity contribution in [3.63, 3.8) is 0 Å². The number of benzene rings is 2. The van der Waals surface area contributed by atoms with Crippen LogP contribution in [0.15, 0.2) is 60.9 Å². The molecular formula is C27H32N4O3. The van der Waals surface area contributed by atoms with Crippen LogP contribution in [0.1, 0.15) is 61.4 Å². The molecule has 0 aliphatic heterocycles. The first-order valence-corrected chi connectivity index (χ1v) is 11.9. The normalized spacial score (nSPS) is 11.7. The fourth-order valence-electron chi connectivity index (χ4n) is 3.74. The van der Waals surface area contributed by atoms with Crippen molar-refractivity contribution in [2.75, 3.05) is 6.54 Å². The maximum atomic E-state index is 12.9. The van der Waals surface area contributed by atoms with Gasteiger partial charge in [-0.25, -0.2) is 0 Å². The van der Waals surface area contributed by atoms with Gasteiger partial charge in [-0.1, -0.05) is 50.1 Å². The second kappa shape index (κ2) is 13.2. The number of amides is 2. The first-order valence-electron chi connectivity index (χ1n) is 11.9. The largest absolute Gasteiger partial charge is 0.354 e. The lowest BCUT2D eigenvalue weighted by Crippen LogP contribution is -2.47. The van der Waals surface area contributed by atoms with Crippen LogP contribution in [0.2, 0.25) is 0 Å². The lowest BCUT2D eigenvalue weighted by molar-refractivity contribution is -0.123. The molecule has 2 amide bonds. The van der Waals surface area contributed by atoms with Gasteiger partial charge in [0, 0.05) is 37.3 Å². The Balaban J connectivity index is 1.59. The van der Waals surface area contributed by atoms with E-state index in [9.17, 15) is 14.4 Å². The minimum atomic E-state index is -0.650. The van der Waals surface area contributed by atoms with E-state index in [2.05, 4.69) is 20.6 Å². The third-order valence-corrected chi connectivity index (χ3v) is 5.75. The van der Waals surface area contributed by atoms with Crippen molar-refractivity contribution in [2.24, 2.45) is 0 Å². The zero-order valence-electron chi connectivity index (χ0n) is 19.6. The van der Waals surface area contributed by atoms with E-state index in [4.69, 9.17) is 0 Å². The summed E-state index contributed by atoms with van der Waals surface area (Å²) in [7, 11) is 0. The summed E-state index contributed by atoms with van der Waals surface area (Å²) in [5, 5.41) is 5.85. The number of hydrogen-bond acceptors (Lipinski definition) is 5.